The second kappa shape index (κ2) is 8.31. The van der Waals surface area contributed by atoms with E-state index in [0.717, 1.165) is 31.3 Å². The Morgan fingerprint density at radius 2 is 1.90 bits per heavy atom. The molecule has 2 nitrogen and oxygen atoms in total. The molecule has 2 atom stereocenters. The molecule has 2 heteroatoms. The standard InChI is InChI=1S/C18H28O2/c1-3-5-6-7-15-8-13-18(20-14-15)16-9-11-17(12-10-16)19-4-2/h9-12,15,18H,3-8,13-14H2,1-2H3. The Balaban J connectivity index is 1.78. The highest BCUT2D eigenvalue weighted by Crippen LogP contribution is 2.33. The first-order chi connectivity index (χ1) is 9.83. The minimum atomic E-state index is 0.285. The Bertz CT molecular complexity index is 364. The van der Waals surface area contributed by atoms with Gasteiger partial charge in [-0.05, 0) is 49.8 Å². The van der Waals surface area contributed by atoms with Crippen molar-refractivity contribution in [2.24, 2.45) is 5.92 Å². The number of hydrogen-bond acceptors (Lipinski definition) is 2. The molecule has 2 rings (SSSR count). The van der Waals surface area contributed by atoms with E-state index in [1.807, 2.05) is 6.92 Å². The Morgan fingerprint density at radius 1 is 1.10 bits per heavy atom. The van der Waals surface area contributed by atoms with E-state index in [1.54, 1.807) is 0 Å². The highest BCUT2D eigenvalue weighted by Gasteiger charge is 2.22. The minimum Gasteiger partial charge on any atom is -0.494 e. The molecule has 1 aromatic rings. The third-order valence-electron chi connectivity index (χ3n) is 4.15. The summed E-state index contributed by atoms with van der Waals surface area (Å²) in [6.07, 6.45) is 8.11. The van der Waals surface area contributed by atoms with Gasteiger partial charge >= 0.3 is 0 Å². The van der Waals surface area contributed by atoms with Crippen molar-refractivity contribution in [1.82, 2.24) is 0 Å². The first-order valence-corrected chi connectivity index (χ1v) is 8.17. The summed E-state index contributed by atoms with van der Waals surface area (Å²) in [5, 5.41) is 0. The van der Waals surface area contributed by atoms with Crippen molar-refractivity contribution in [1.29, 1.82) is 0 Å². The summed E-state index contributed by atoms with van der Waals surface area (Å²) >= 11 is 0. The average Bonchev–Trinajstić information content (AvgIpc) is 2.49. The monoisotopic (exact) mass is 276 g/mol. The van der Waals surface area contributed by atoms with Crippen LogP contribution in [0.5, 0.6) is 5.75 Å². The van der Waals surface area contributed by atoms with Gasteiger partial charge in [-0.25, -0.2) is 0 Å². The van der Waals surface area contributed by atoms with Gasteiger partial charge in [0.25, 0.3) is 0 Å². The van der Waals surface area contributed by atoms with Crippen LogP contribution in [0.3, 0.4) is 0 Å². The summed E-state index contributed by atoms with van der Waals surface area (Å²) in [6.45, 7) is 5.93. The zero-order chi connectivity index (χ0) is 14.2. The molecule has 20 heavy (non-hydrogen) atoms. The van der Waals surface area contributed by atoms with Gasteiger partial charge in [0.15, 0.2) is 0 Å². The second-order valence-electron chi connectivity index (χ2n) is 5.76. The highest BCUT2D eigenvalue weighted by molar-refractivity contribution is 5.28. The lowest BCUT2D eigenvalue weighted by molar-refractivity contribution is -0.0199. The highest BCUT2D eigenvalue weighted by atomic mass is 16.5. The molecule has 112 valence electrons. The van der Waals surface area contributed by atoms with Crippen molar-refractivity contribution in [3.63, 3.8) is 0 Å². The zero-order valence-electron chi connectivity index (χ0n) is 12.9. The van der Waals surface area contributed by atoms with Gasteiger partial charge in [0.1, 0.15) is 5.75 Å². The quantitative estimate of drug-likeness (QED) is 0.642. The van der Waals surface area contributed by atoms with E-state index >= 15 is 0 Å². The fourth-order valence-corrected chi connectivity index (χ4v) is 2.92. The average molecular weight is 276 g/mol. The maximum absolute atomic E-state index is 6.07. The molecule has 0 amide bonds. The predicted octanol–water partition coefficient (Wildman–Crippen LogP) is 5.13. The first-order valence-electron chi connectivity index (χ1n) is 8.17. The molecule has 0 N–H and O–H groups in total. The van der Waals surface area contributed by atoms with Gasteiger partial charge in [-0.15, -0.1) is 0 Å². The Morgan fingerprint density at radius 3 is 2.50 bits per heavy atom. The summed E-state index contributed by atoms with van der Waals surface area (Å²) in [4.78, 5) is 0. The molecule has 0 bridgehead atoms. The van der Waals surface area contributed by atoms with Crippen LogP contribution in [0, 0.1) is 5.92 Å². The molecule has 1 saturated heterocycles. The molecule has 1 fully saturated rings. The molecule has 2 unspecified atom stereocenters. The maximum atomic E-state index is 6.07. The first kappa shape index (κ1) is 15.4. The third-order valence-corrected chi connectivity index (χ3v) is 4.15. The van der Waals surface area contributed by atoms with E-state index in [2.05, 4.69) is 31.2 Å². The van der Waals surface area contributed by atoms with Gasteiger partial charge in [-0.3, -0.25) is 0 Å². The second-order valence-corrected chi connectivity index (χ2v) is 5.76. The van der Waals surface area contributed by atoms with Crippen molar-refractivity contribution in [2.75, 3.05) is 13.2 Å². The Kier molecular flexibility index (Phi) is 6.38. The Labute approximate surface area is 123 Å². The fraction of sp³-hybridized carbons (Fsp3) is 0.667. The molecule has 1 aliphatic heterocycles. The summed E-state index contributed by atoms with van der Waals surface area (Å²) in [5.41, 5.74) is 1.29. The zero-order valence-corrected chi connectivity index (χ0v) is 12.9. The van der Waals surface area contributed by atoms with E-state index in [4.69, 9.17) is 9.47 Å². The Hall–Kier alpha value is -1.02. The molecular weight excluding hydrogens is 248 g/mol. The number of ether oxygens (including phenoxy) is 2. The van der Waals surface area contributed by atoms with Gasteiger partial charge in [-0.1, -0.05) is 38.3 Å². The van der Waals surface area contributed by atoms with Gasteiger partial charge in [0.2, 0.25) is 0 Å². The van der Waals surface area contributed by atoms with Crippen LogP contribution < -0.4 is 4.74 Å². The lowest BCUT2D eigenvalue weighted by Crippen LogP contribution is -2.20. The van der Waals surface area contributed by atoms with E-state index in [1.165, 1.54) is 37.7 Å². The molecule has 0 aromatic heterocycles. The van der Waals surface area contributed by atoms with Crippen molar-refractivity contribution in [3.05, 3.63) is 29.8 Å². The van der Waals surface area contributed by atoms with E-state index < -0.39 is 0 Å². The SMILES string of the molecule is CCCCCC1CCC(c2ccc(OCC)cc2)OC1. The summed E-state index contributed by atoms with van der Waals surface area (Å²) in [6, 6.07) is 8.39. The van der Waals surface area contributed by atoms with Gasteiger partial charge in [0.05, 0.1) is 19.3 Å². The number of hydrogen-bond donors (Lipinski definition) is 0. The normalized spacial score (nSPS) is 22.7. The largest absolute Gasteiger partial charge is 0.494 e. The van der Waals surface area contributed by atoms with Gasteiger partial charge in [0, 0.05) is 0 Å². The van der Waals surface area contributed by atoms with Crippen LogP contribution in [0.15, 0.2) is 24.3 Å². The van der Waals surface area contributed by atoms with Crippen LogP contribution in [0.25, 0.3) is 0 Å². The molecular formula is C18H28O2. The van der Waals surface area contributed by atoms with Crippen LogP contribution in [-0.2, 0) is 4.74 Å². The molecule has 0 spiro atoms. The molecule has 1 aliphatic rings. The predicted molar refractivity (Wildman–Crippen MR) is 83.2 cm³/mol. The molecule has 0 saturated carbocycles. The van der Waals surface area contributed by atoms with Crippen LogP contribution in [0.2, 0.25) is 0 Å². The van der Waals surface area contributed by atoms with Crippen molar-refractivity contribution in [2.45, 2.75) is 58.5 Å². The van der Waals surface area contributed by atoms with Crippen molar-refractivity contribution < 1.29 is 9.47 Å². The minimum absolute atomic E-state index is 0.285. The number of rotatable bonds is 7. The van der Waals surface area contributed by atoms with Crippen molar-refractivity contribution >= 4 is 0 Å². The molecule has 1 heterocycles. The molecule has 1 aromatic carbocycles. The van der Waals surface area contributed by atoms with Crippen LogP contribution in [-0.4, -0.2) is 13.2 Å². The topological polar surface area (TPSA) is 18.5 Å². The van der Waals surface area contributed by atoms with Crippen LogP contribution >= 0.6 is 0 Å². The van der Waals surface area contributed by atoms with E-state index in [0.29, 0.717) is 0 Å². The van der Waals surface area contributed by atoms with Gasteiger partial charge < -0.3 is 9.47 Å². The van der Waals surface area contributed by atoms with Crippen molar-refractivity contribution in [3.8, 4) is 5.75 Å². The summed E-state index contributed by atoms with van der Waals surface area (Å²) < 4.78 is 11.5. The summed E-state index contributed by atoms with van der Waals surface area (Å²) in [7, 11) is 0. The van der Waals surface area contributed by atoms with E-state index in [-0.39, 0.29) is 6.10 Å². The fourth-order valence-electron chi connectivity index (χ4n) is 2.92. The summed E-state index contributed by atoms with van der Waals surface area (Å²) in [5.74, 6) is 1.73. The third kappa shape index (κ3) is 4.52. The lowest BCUT2D eigenvalue weighted by atomic mass is 9.91. The van der Waals surface area contributed by atoms with Crippen LogP contribution in [0.1, 0.15) is 64.0 Å². The maximum Gasteiger partial charge on any atom is 0.119 e. The number of benzene rings is 1. The lowest BCUT2D eigenvalue weighted by Gasteiger charge is -2.29. The molecule has 0 radical (unpaired) electrons. The molecule has 0 aliphatic carbocycles. The number of unbranched alkanes of at least 4 members (excludes halogenated alkanes) is 2. The van der Waals surface area contributed by atoms with Gasteiger partial charge in [-0.2, -0.15) is 0 Å². The van der Waals surface area contributed by atoms with Crippen LogP contribution in [0.4, 0.5) is 0 Å². The smallest absolute Gasteiger partial charge is 0.119 e. The van der Waals surface area contributed by atoms with E-state index in [9.17, 15) is 0 Å².